The summed E-state index contributed by atoms with van der Waals surface area (Å²) in [5.74, 6) is 0.819. The highest BCUT2D eigenvalue weighted by atomic mass is 79.9. The molecule has 0 unspecified atom stereocenters. The van der Waals surface area contributed by atoms with Gasteiger partial charge in [0, 0.05) is 6.20 Å². The lowest BCUT2D eigenvalue weighted by molar-refractivity contribution is -0.132. The summed E-state index contributed by atoms with van der Waals surface area (Å²) in [7, 11) is 0. The van der Waals surface area contributed by atoms with E-state index in [1.807, 2.05) is 42.5 Å². The molecule has 3 rings (SSSR count). The molecule has 0 saturated heterocycles. The Morgan fingerprint density at radius 2 is 1.87 bits per heavy atom. The summed E-state index contributed by atoms with van der Waals surface area (Å²) in [5.41, 5.74) is 1.77. The van der Waals surface area contributed by atoms with Crippen LogP contribution in [-0.4, -0.2) is 11.0 Å². The number of cyclic esters (lactones) is 1. The molecule has 4 nitrogen and oxygen atoms in total. The molecule has 1 aliphatic rings. The Hall–Kier alpha value is -1.92. The molecule has 0 fully saturated rings. The summed E-state index contributed by atoms with van der Waals surface area (Å²) < 4.78 is 11.8. The van der Waals surface area contributed by atoms with Crippen LogP contribution in [0, 0.1) is 0 Å². The van der Waals surface area contributed by atoms with Gasteiger partial charge < -0.3 is 9.47 Å². The second-order valence-electron chi connectivity index (χ2n) is 4.70. The van der Waals surface area contributed by atoms with Gasteiger partial charge in [-0.3, -0.25) is 4.98 Å². The SMILES string of the molecule is O=C1O/C(=C\c2ccc(OCc3ccccn3)cc2)C(Br)=C1Br. The third-order valence-corrected chi connectivity index (χ3v) is 5.12. The maximum absolute atomic E-state index is 11.4. The van der Waals surface area contributed by atoms with Crippen molar-refractivity contribution in [2.75, 3.05) is 0 Å². The molecule has 0 amide bonds. The fourth-order valence-corrected chi connectivity index (χ4v) is 2.57. The number of hydrogen-bond donors (Lipinski definition) is 0. The van der Waals surface area contributed by atoms with E-state index in [0.29, 0.717) is 21.3 Å². The Balaban J connectivity index is 1.67. The van der Waals surface area contributed by atoms with Crippen molar-refractivity contribution in [1.82, 2.24) is 4.98 Å². The van der Waals surface area contributed by atoms with Crippen molar-refractivity contribution in [3.05, 3.63) is 74.6 Å². The lowest BCUT2D eigenvalue weighted by Crippen LogP contribution is -1.97. The van der Waals surface area contributed by atoms with Crippen LogP contribution in [0.3, 0.4) is 0 Å². The molecule has 1 aromatic heterocycles. The van der Waals surface area contributed by atoms with Gasteiger partial charge in [-0.05, 0) is 67.8 Å². The summed E-state index contributed by atoms with van der Waals surface area (Å²) >= 11 is 6.49. The molecule has 116 valence electrons. The number of ether oxygens (including phenoxy) is 2. The number of carbonyl (C=O) groups is 1. The molecule has 0 aliphatic carbocycles. The van der Waals surface area contributed by atoms with Crippen molar-refractivity contribution in [2.45, 2.75) is 6.61 Å². The molecular weight excluding hydrogens is 426 g/mol. The zero-order valence-corrected chi connectivity index (χ0v) is 15.0. The minimum atomic E-state index is -0.404. The van der Waals surface area contributed by atoms with Crippen LogP contribution in [0.5, 0.6) is 5.75 Å². The number of nitrogens with zero attached hydrogens (tertiary/aromatic N) is 1. The van der Waals surface area contributed by atoms with E-state index in [4.69, 9.17) is 9.47 Å². The van der Waals surface area contributed by atoms with Crippen LogP contribution in [0.4, 0.5) is 0 Å². The fraction of sp³-hybridized carbons (Fsp3) is 0.0588. The molecular formula is C17H11Br2NO3. The Morgan fingerprint density at radius 3 is 2.48 bits per heavy atom. The highest BCUT2D eigenvalue weighted by Crippen LogP contribution is 2.35. The Labute approximate surface area is 150 Å². The number of aromatic nitrogens is 1. The van der Waals surface area contributed by atoms with Gasteiger partial charge in [-0.2, -0.15) is 0 Å². The van der Waals surface area contributed by atoms with Crippen LogP contribution < -0.4 is 4.74 Å². The number of pyridine rings is 1. The smallest absolute Gasteiger partial charge is 0.351 e. The van der Waals surface area contributed by atoms with Gasteiger partial charge in [0.15, 0.2) is 0 Å². The van der Waals surface area contributed by atoms with Gasteiger partial charge in [0.05, 0.1) is 10.2 Å². The Bertz CT molecular complexity index is 783. The lowest BCUT2D eigenvalue weighted by atomic mass is 10.2. The Morgan fingerprint density at radius 1 is 1.09 bits per heavy atom. The van der Waals surface area contributed by atoms with Crippen LogP contribution in [0.2, 0.25) is 0 Å². The van der Waals surface area contributed by atoms with E-state index in [1.165, 1.54) is 0 Å². The van der Waals surface area contributed by atoms with Crippen LogP contribution >= 0.6 is 31.9 Å². The third kappa shape index (κ3) is 3.89. The van der Waals surface area contributed by atoms with Gasteiger partial charge in [-0.15, -0.1) is 0 Å². The minimum Gasteiger partial charge on any atom is -0.487 e. The van der Waals surface area contributed by atoms with Crippen LogP contribution in [-0.2, 0) is 16.1 Å². The van der Waals surface area contributed by atoms with E-state index >= 15 is 0 Å². The predicted molar refractivity (Wildman–Crippen MR) is 94.0 cm³/mol. The van der Waals surface area contributed by atoms with Gasteiger partial charge in [0.25, 0.3) is 0 Å². The summed E-state index contributed by atoms with van der Waals surface area (Å²) in [6, 6.07) is 13.2. The largest absolute Gasteiger partial charge is 0.487 e. The van der Waals surface area contributed by atoms with E-state index < -0.39 is 5.97 Å². The number of rotatable bonds is 4. The quantitative estimate of drug-likeness (QED) is 0.659. The molecule has 0 spiro atoms. The molecule has 0 saturated carbocycles. The highest BCUT2D eigenvalue weighted by molar-refractivity contribution is 9.14. The topological polar surface area (TPSA) is 48.4 Å². The van der Waals surface area contributed by atoms with E-state index in [0.717, 1.165) is 17.0 Å². The second kappa shape index (κ2) is 7.10. The standard InChI is InChI=1S/C17H11Br2NO3/c18-15-14(23-17(21)16(15)19)9-11-4-6-13(7-5-11)22-10-12-3-1-2-8-20-12/h1-9H,10H2/b14-9-. The first-order valence-corrected chi connectivity index (χ1v) is 8.34. The zero-order chi connectivity index (χ0) is 16.2. The molecule has 1 aliphatic heterocycles. The average Bonchev–Trinajstić information content (AvgIpc) is 2.82. The number of allylic oxidation sites excluding steroid dienone is 1. The molecule has 1 aromatic carbocycles. The number of esters is 1. The number of hydrogen-bond acceptors (Lipinski definition) is 4. The van der Waals surface area contributed by atoms with Crippen molar-refractivity contribution in [3.63, 3.8) is 0 Å². The molecule has 23 heavy (non-hydrogen) atoms. The molecule has 6 heteroatoms. The molecule has 0 N–H and O–H groups in total. The Kier molecular flexibility index (Phi) is 4.93. The minimum absolute atomic E-state index is 0.388. The van der Waals surface area contributed by atoms with Crippen molar-refractivity contribution in [2.24, 2.45) is 0 Å². The second-order valence-corrected chi connectivity index (χ2v) is 6.29. The number of halogens is 2. The zero-order valence-electron chi connectivity index (χ0n) is 11.8. The molecule has 2 heterocycles. The van der Waals surface area contributed by atoms with Gasteiger partial charge in [0.1, 0.15) is 22.6 Å². The van der Waals surface area contributed by atoms with E-state index in [1.54, 1.807) is 12.3 Å². The van der Waals surface area contributed by atoms with Crippen LogP contribution in [0.15, 0.2) is 63.4 Å². The van der Waals surface area contributed by atoms with E-state index in [2.05, 4.69) is 36.8 Å². The number of benzene rings is 1. The summed E-state index contributed by atoms with van der Waals surface area (Å²) in [4.78, 5) is 15.6. The van der Waals surface area contributed by atoms with Crippen molar-refractivity contribution in [3.8, 4) is 5.75 Å². The highest BCUT2D eigenvalue weighted by Gasteiger charge is 2.26. The fourth-order valence-electron chi connectivity index (χ4n) is 1.93. The molecule has 0 bridgehead atoms. The van der Waals surface area contributed by atoms with Gasteiger partial charge in [-0.1, -0.05) is 18.2 Å². The van der Waals surface area contributed by atoms with Gasteiger partial charge >= 0.3 is 5.97 Å². The first-order chi connectivity index (χ1) is 11.1. The molecule has 0 atom stereocenters. The summed E-state index contributed by atoms with van der Waals surface area (Å²) in [6.07, 6.45) is 3.51. The monoisotopic (exact) mass is 435 g/mol. The normalized spacial score (nSPS) is 15.9. The van der Waals surface area contributed by atoms with Crippen LogP contribution in [0.25, 0.3) is 6.08 Å². The summed E-state index contributed by atoms with van der Waals surface area (Å²) in [6.45, 7) is 0.417. The first-order valence-electron chi connectivity index (χ1n) is 6.76. The average molecular weight is 437 g/mol. The maximum atomic E-state index is 11.4. The predicted octanol–water partition coefficient (Wildman–Crippen LogP) is 4.56. The van der Waals surface area contributed by atoms with Gasteiger partial charge in [0.2, 0.25) is 0 Å². The van der Waals surface area contributed by atoms with E-state index in [9.17, 15) is 4.79 Å². The maximum Gasteiger partial charge on any atom is 0.351 e. The van der Waals surface area contributed by atoms with Crippen molar-refractivity contribution >= 4 is 43.9 Å². The lowest BCUT2D eigenvalue weighted by Gasteiger charge is -2.06. The third-order valence-electron chi connectivity index (χ3n) is 3.08. The van der Waals surface area contributed by atoms with Gasteiger partial charge in [-0.25, -0.2) is 4.79 Å². The van der Waals surface area contributed by atoms with E-state index in [-0.39, 0.29) is 0 Å². The summed E-state index contributed by atoms with van der Waals surface area (Å²) in [5, 5.41) is 0. The molecule has 2 aromatic rings. The first kappa shape index (κ1) is 16.0. The van der Waals surface area contributed by atoms with Crippen molar-refractivity contribution in [1.29, 1.82) is 0 Å². The van der Waals surface area contributed by atoms with Crippen LogP contribution in [0.1, 0.15) is 11.3 Å². The van der Waals surface area contributed by atoms with Crippen molar-refractivity contribution < 1.29 is 14.3 Å². The number of carbonyl (C=O) groups excluding carboxylic acids is 1. The molecule has 0 radical (unpaired) electrons.